The highest BCUT2D eigenvalue weighted by molar-refractivity contribution is 7.16. The van der Waals surface area contributed by atoms with Gasteiger partial charge in [-0.25, -0.2) is 9.97 Å². The molecule has 2 aromatic rings. The summed E-state index contributed by atoms with van der Waals surface area (Å²) in [5.74, 6) is -0.472. The molecule has 0 aromatic carbocycles. The summed E-state index contributed by atoms with van der Waals surface area (Å²) in [5.41, 5.74) is 1.69. The van der Waals surface area contributed by atoms with E-state index in [9.17, 15) is 18.0 Å². The van der Waals surface area contributed by atoms with E-state index >= 15 is 0 Å². The van der Waals surface area contributed by atoms with Crippen LogP contribution in [0.15, 0.2) is 5.38 Å². The minimum atomic E-state index is -4.23. The molecule has 142 valence electrons. The molecule has 1 fully saturated rings. The number of halogens is 3. The Balaban J connectivity index is 1.55. The van der Waals surface area contributed by atoms with Crippen LogP contribution in [0.4, 0.5) is 18.3 Å². The van der Waals surface area contributed by atoms with Crippen molar-refractivity contribution < 1.29 is 18.0 Å². The first-order chi connectivity index (χ1) is 12.2. The number of aromatic nitrogens is 2. The summed E-state index contributed by atoms with van der Waals surface area (Å²) in [6.07, 6.45) is -2.68. The molecule has 2 N–H and O–H groups in total. The summed E-state index contributed by atoms with van der Waals surface area (Å²) < 4.78 is 36.8. The molecule has 2 aromatic heterocycles. The minimum Gasteiger partial charge on any atom is -0.306 e. The number of nitrogens with zero attached hydrogens (tertiary/aromatic N) is 2. The first kappa shape index (κ1) is 19.2. The van der Waals surface area contributed by atoms with E-state index < -0.39 is 12.7 Å². The van der Waals surface area contributed by atoms with Crippen molar-refractivity contribution in [1.29, 1.82) is 0 Å². The molecule has 2 heterocycles. The molecule has 0 bridgehead atoms. The van der Waals surface area contributed by atoms with Gasteiger partial charge in [0, 0.05) is 17.3 Å². The topological polar surface area (TPSA) is 66.9 Å². The summed E-state index contributed by atoms with van der Waals surface area (Å²) in [5, 5.41) is 8.61. The van der Waals surface area contributed by atoms with Gasteiger partial charge >= 0.3 is 6.18 Å². The van der Waals surface area contributed by atoms with E-state index in [4.69, 9.17) is 0 Å². The van der Waals surface area contributed by atoms with Crippen LogP contribution >= 0.6 is 22.7 Å². The smallest absolute Gasteiger partial charge is 0.306 e. The molecule has 5 nitrogen and oxygen atoms in total. The lowest BCUT2D eigenvalue weighted by Gasteiger charge is -2.14. The van der Waals surface area contributed by atoms with Crippen molar-refractivity contribution in [3.8, 4) is 10.6 Å². The van der Waals surface area contributed by atoms with Crippen LogP contribution in [0, 0.1) is 19.8 Å². The van der Waals surface area contributed by atoms with Gasteiger partial charge in [-0.05, 0) is 33.1 Å². The van der Waals surface area contributed by atoms with Crippen LogP contribution in [-0.2, 0) is 4.79 Å². The largest absolute Gasteiger partial charge is 0.401 e. The van der Waals surface area contributed by atoms with Crippen LogP contribution in [0.5, 0.6) is 0 Å². The van der Waals surface area contributed by atoms with Crippen molar-refractivity contribution >= 4 is 33.7 Å². The molecule has 10 heteroatoms. The number of anilines is 1. The molecule has 1 aliphatic carbocycles. The lowest BCUT2D eigenvalue weighted by Crippen LogP contribution is -2.36. The number of carbonyl (C=O) groups excluding carboxylic acids is 1. The lowest BCUT2D eigenvalue weighted by atomic mass is 10.1. The molecule has 3 rings (SSSR count). The van der Waals surface area contributed by atoms with Gasteiger partial charge in [0.05, 0.1) is 27.8 Å². The first-order valence-electron chi connectivity index (χ1n) is 8.22. The molecule has 0 spiro atoms. The quantitative estimate of drug-likeness (QED) is 0.786. The molecular weight excluding hydrogens is 385 g/mol. The van der Waals surface area contributed by atoms with Crippen molar-refractivity contribution in [2.24, 2.45) is 5.92 Å². The predicted octanol–water partition coefficient (Wildman–Crippen LogP) is 4.14. The summed E-state index contributed by atoms with van der Waals surface area (Å²) >= 11 is 2.89. The molecule has 26 heavy (non-hydrogen) atoms. The van der Waals surface area contributed by atoms with Gasteiger partial charge in [-0.15, -0.1) is 22.7 Å². The fraction of sp³-hybridized carbons (Fsp3) is 0.562. The van der Waals surface area contributed by atoms with Gasteiger partial charge in [0.25, 0.3) is 0 Å². The van der Waals surface area contributed by atoms with Gasteiger partial charge in [0.1, 0.15) is 0 Å². The summed E-state index contributed by atoms with van der Waals surface area (Å²) in [6.45, 7) is 2.83. The molecule has 2 unspecified atom stereocenters. The first-order valence-corrected chi connectivity index (χ1v) is 9.92. The highest BCUT2D eigenvalue weighted by Crippen LogP contribution is 2.33. The molecule has 0 saturated heterocycles. The number of amides is 1. The Labute approximate surface area is 157 Å². The van der Waals surface area contributed by atoms with Crippen molar-refractivity contribution in [1.82, 2.24) is 15.3 Å². The van der Waals surface area contributed by atoms with E-state index in [1.807, 2.05) is 19.2 Å². The van der Waals surface area contributed by atoms with Crippen molar-refractivity contribution in [3.63, 3.8) is 0 Å². The standard InChI is InChI=1S/C16H19F3N4OS2/c1-8-13(26-9(2)21-8)12-6-25-15(22-12)23-14(24)10-3-4-11(5-10)20-7-16(17,18)19/h6,10-11,20H,3-5,7H2,1-2H3,(H,22,23,24). The summed E-state index contributed by atoms with van der Waals surface area (Å²) in [6, 6.07) is -0.276. The van der Waals surface area contributed by atoms with E-state index in [0.29, 0.717) is 24.4 Å². The van der Waals surface area contributed by atoms with Gasteiger partial charge in [-0.2, -0.15) is 13.2 Å². The Morgan fingerprint density at radius 3 is 2.73 bits per heavy atom. The SMILES string of the molecule is Cc1nc(C)c(-c2csc(NC(=O)C3CCC(NCC(F)(F)F)C3)n2)s1. The fourth-order valence-corrected chi connectivity index (χ4v) is 4.74. The third kappa shape index (κ3) is 4.80. The Kier molecular flexibility index (Phi) is 5.64. The highest BCUT2D eigenvalue weighted by atomic mass is 32.1. The van der Waals surface area contributed by atoms with Crippen LogP contribution in [0.3, 0.4) is 0 Å². The Morgan fingerprint density at radius 1 is 1.31 bits per heavy atom. The Hall–Kier alpha value is -1.52. The molecule has 1 aliphatic rings. The number of thiazole rings is 2. The number of rotatable bonds is 5. The molecule has 0 aliphatic heterocycles. The van der Waals surface area contributed by atoms with Crippen LogP contribution in [0.25, 0.3) is 10.6 Å². The van der Waals surface area contributed by atoms with Crippen molar-refractivity contribution in [3.05, 3.63) is 16.1 Å². The lowest BCUT2D eigenvalue weighted by molar-refractivity contribution is -0.126. The molecule has 1 amide bonds. The Morgan fingerprint density at radius 2 is 2.08 bits per heavy atom. The average Bonchev–Trinajstić information content (AvgIpc) is 3.24. The van der Waals surface area contributed by atoms with Crippen LogP contribution in [0.1, 0.15) is 30.0 Å². The number of hydrogen-bond acceptors (Lipinski definition) is 6. The maximum atomic E-state index is 12.4. The number of alkyl halides is 3. The zero-order valence-corrected chi connectivity index (χ0v) is 15.9. The number of hydrogen-bond donors (Lipinski definition) is 2. The normalized spacial score (nSPS) is 20.5. The Bertz CT molecular complexity index is 787. The maximum absolute atomic E-state index is 12.4. The number of aryl methyl sites for hydroxylation is 2. The van der Waals surface area contributed by atoms with E-state index in [0.717, 1.165) is 21.3 Å². The van der Waals surface area contributed by atoms with Gasteiger partial charge < -0.3 is 10.6 Å². The zero-order chi connectivity index (χ0) is 18.9. The second kappa shape index (κ2) is 7.61. The average molecular weight is 404 g/mol. The third-order valence-electron chi connectivity index (χ3n) is 4.27. The zero-order valence-electron chi connectivity index (χ0n) is 14.3. The highest BCUT2D eigenvalue weighted by Gasteiger charge is 2.33. The number of carbonyl (C=O) groups is 1. The van der Waals surface area contributed by atoms with Crippen molar-refractivity contribution in [2.45, 2.75) is 45.3 Å². The number of nitrogens with one attached hydrogen (secondary N) is 2. The summed E-state index contributed by atoms with van der Waals surface area (Å²) in [4.78, 5) is 22.2. The fourth-order valence-electron chi connectivity index (χ4n) is 3.08. The van der Waals surface area contributed by atoms with Crippen LogP contribution < -0.4 is 10.6 Å². The van der Waals surface area contributed by atoms with Crippen LogP contribution in [-0.4, -0.2) is 34.6 Å². The van der Waals surface area contributed by atoms with Crippen molar-refractivity contribution in [2.75, 3.05) is 11.9 Å². The van der Waals surface area contributed by atoms with Gasteiger partial charge in [0.2, 0.25) is 5.91 Å². The second-order valence-electron chi connectivity index (χ2n) is 6.38. The molecular formula is C16H19F3N4OS2. The van der Waals surface area contributed by atoms with E-state index in [1.54, 1.807) is 11.3 Å². The maximum Gasteiger partial charge on any atom is 0.401 e. The third-order valence-corrected chi connectivity index (χ3v) is 6.12. The van der Waals surface area contributed by atoms with Gasteiger partial charge in [-0.1, -0.05) is 0 Å². The van der Waals surface area contributed by atoms with Gasteiger partial charge in [0.15, 0.2) is 5.13 Å². The van der Waals surface area contributed by atoms with E-state index in [2.05, 4.69) is 20.6 Å². The minimum absolute atomic E-state index is 0.181. The van der Waals surface area contributed by atoms with E-state index in [1.165, 1.54) is 11.3 Å². The summed E-state index contributed by atoms with van der Waals surface area (Å²) in [7, 11) is 0. The molecule has 1 saturated carbocycles. The monoisotopic (exact) mass is 404 g/mol. The molecule has 2 atom stereocenters. The van der Waals surface area contributed by atoms with Gasteiger partial charge in [-0.3, -0.25) is 4.79 Å². The molecule has 0 radical (unpaired) electrons. The second-order valence-corrected chi connectivity index (χ2v) is 8.44. The van der Waals surface area contributed by atoms with E-state index in [-0.39, 0.29) is 17.9 Å². The predicted molar refractivity (Wildman–Crippen MR) is 96.5 cm³/mol. The van der Waals surface area contributed by atoms with Crippen LogP contribution in [0.2, 0.25) is 0 Å².